The van der Waals surface area contributed by atoms with Gasteiger partial charge in [-0.25, -0.2) is 0 Å². The molecule has 1 saturated heterocycles. The topological polar surface area (TPSA) is 110 Å². The summed E-state index contributed by atoms with van der Waals surface area (Å²) >= 11 is 0. The molecule has 1 fully saturated rings. The van der Waals surface area contributed by atoms with Gasteiger partial charge in [0.25, 0.3) is 0 Å². The minimum absolute atomic E-state index is 0.0774. The van der Waals surface area contributed by atoms with Crippen molar-refractivity contribution in [3.63, 3.8) is 0 Å². The van der Waals surface area contributed by atoms with Crippen LogP contribution in [0.15, 0.2) is 70.9 Å². The largest absolute Gasteiger partial charge is 0.455 e. The molecule has 2 aromatic carbocycles. The van der Waals surface area contributed by atoms with Gasteiger partial charge in [-0.15, -0.1) is 0 Å². The molecule has 2 aliphatic heterocycles. The average Bonchev–Trinajstić information content (AvgIpc) is 3.29. The van der Waals surface area contributed by atoms with Crippen LogP contribution in [0.4, 0.5) is 5.69 Å². The molecule has 3 aromatic rings. The van der Waals surface area contributed by atoms with Crippen molar-refractivity contribution in [1.82, 2.24) is 10.2 Å². The fourth-order valence-corrected chi connectivity index (χ4v) is 5.29. The van der Waals surface area contributed by atoms with Crippen molar-refractivity contribution in [3.8, 4) is 0 Å². The van der Waals surface area contributed by atoms with Gasteiger partial charge in [0.1, 0.15) is 17.0 Å². The fourth-order valence-electron chi connectivity index (χ4n) is 5.29. The first-order chi connectivity index (χ1) is 17.6. The lowest BCUT2D eigenvalue weighted by Crippen LogP contribution is -2.50. The molecule has 0 spiro atoms. The Hall–Kier alpha value is -3.88. The molecule has 3 aliphatic rings. The third-order valence-corrected chi connectivity index (χ3v) is 7.03. The third-order valence-electron chi connectivity index (χ3n) is 7.03. The van der Waals surface area contributed by atoms with Crippen LogP contribution in [0.1, 0.15) is 12.0 Å². The van der Waals surface area contributed by atoms with Gasteiger partial charge in [-0.1, -0.05) is 36.4 Å². The number of carbonyl (C=O) groups excluding carboxylic acids is 2. The van der Waals surface area contributed by atoms with Gasteiger partial charge in [0.2, 0.25) is 5.91 Å². The first-order valence-electron chi connectivity index (χ1n) is 12.3. The zero-order chi connectivity index (χ0) is 24.6. The number of rotatable bonds is 5. The summed E-state index contributed by atoms with van der Waals surface area (Å²) in [5, 5.41) is 8.39. The number of nitrogens with zero attached hydrogens (tertiary/aromatic N) is 1. The molecule has 1 aromatic heterocycles. The number of para-hydroxylation sites is 1. The fraction of sp³-hybridized carbons (Fsp3) is 0.286. The first-order valence-corrected chi connectivity index (χ1v) is 12.3. The average molecular weight is 485 g/mol. The molecule has 0 radical (unpaired) electrons. The van der Waals surface area contributed by atoms with Crippen LogP contribution in [0.3, 0.4) is 0 Å². The Morgan fingerprint density at radius 2 is 2.00 bits per heavy atom. The van der Waals surface area contributed by atoms with E-state index in [9.17, 15) is 9.59 Å². The van der Waals surface area contributed by atoms with E-state index in [1.54, 1.807) is 6.08 Å². The standard InChI is InChI=1S/C28H28N4O4/c29-11-10-25(34)30-21-9-8-18(28-26(21)20-4-1-2-7-23(20)36-28)17-5-3-6-19-22(33)16-24(31-27(17)19)32-12-14-35-15-13-32/h1-9,16,19,27,31H,10-15,29H2,(H,30,34). The summed E-state index contributed by atoms with van der Waals surface area (Å²) in [5.41, 5.74) is 9.54. The van der Waals surface area contributed by atoms with Gasteiger partial charge < -0.3 is 30.4 Å². The van der Waals surface area contributed by atoms with Crippen molar-refractivity contribution < 1.29 is 18.7 Å². The number of anilines is 1. The second-order valence-electron chi connectivity index (χ2n) is 9.24. The van der Waals surface area contributed by atoms with Crippen molar-refractivity contribution in [3.05, 3.63) is 72.1 Å². The molecule has 6 rings (SSSR count). The number of allylic oxidation sites excluding steroid dienone is 3. The van der Waals surface area contributed by atoms with Crippen molar-refractivity contribution in [2.24, 2.45) is 11.7 Å². The molecule has 3 heterocycles. The molecule has 0 saturated carbocycles. The molecule has 2 unspecified atom stereocenters. The number of nitrogens with two attached hydrogens (primary N) is 1. The maximum Gasteiger partial charge on any atom is 0.225 e. The van der Waals surface area contributed by atoms with E-state index >= 15 is 0 Å². The number of furan rings is 1. The minimum atomic E-state index is -0.307. The number of ketones is 1. The van der Waals surface area contributed by atoms with Crippen LogP contribution in [-0.2, 0) is 14.3 Å². The lowest BCUT2D eigenvalue weighted by Gasteiger charge is -2.39. The van der Waals surface area contributed by atoms with E-state index in [4.69, 9.17) is 14.9 Å². The summed E-state index contributed by atoms with van der Waals surface area (Å²) < 4.78 is 11.9. The highest BCUT2D eigenvalue weighted by Crippen LogP contribution is 2.41. The summed E-state index contributed by atoms with van der Waals surface area (Å²) in [6.07, 6.45) is 7.88. The Labute approximate surface area is 208 Å². The monoisotopic (exact) mass is 484 g/mol. The van der Waals surface area contributed by atoms with Gasteiger partial charge in [-0.05, 0) is 23.8 Å². The highest BCUT2D eigenvalue weighted by molar-refractivity contribution is 6.17. The van der Waals surface area contributed by atoms with E-state index in [1.807, 2.05) is 54.6 Å². The Balaban J connectivity index is 1.44. The highest BCUT2D eigenvalue weighted by Gasteiger charge is 2.37. The van der Waals surface area contributed by atoms with Crippen molar-refractivity contribution >= 4 is 44.9 Å². The predicted molar refractivity (Wildman–Crippen MR) is 139 cm³/mol. The molecule has 4 N–H and O–H groups in total. The lowest BCUT2D eigenvalue weighted by molar-refractivity contribution is -0.118. The highest BCUT2D eigenvalue weighted by atomic mass is 16.5. The second kappa shape index (κ2) is 9.29. The Bertz CT molecular complexity index is 1440. The molecular formula is C28H28N4O4. The maximum absolute atomic E-state index is 13.2. The summed E-state index contributed by atoms with van der Waals surface area (Å²) in [6.45, 7) is 3.04. The lowest BCUT2D eigenvalue weighted by atomic mass is 9.80. The van der Waals surface area contributed by atoms with E-state index in [0.29, 0.717) is 24.5 Å². The maximum atomic E-state index is 13.2. The van der Waals surface area contributed by atoms with Gasteiger partial charge >= 0.3 is 0 Å². The van der Waals surface area contributed by atoms with Crippen molar-refractivity contribution in [2.75, 3.05) is 38.2 Å². The molecule has 1 amide bonds. The van der Waals surface area contributed by atoms with E-state index in [2.05, 4.69) is 15.5 Å². The SMILES string of the molecule is NCCC(=O)Nc1ccc(C2=CC=CC3C(=O)C=C(N4CCOCC4)NC23)c2oc3ccccc3c12. The number of hydrogen-bond acceptors (Lipinski definition) is 7. The van der Waals surface area contributed by atoms with E-state index in [1.165, 1.54) is 0 Å². The van der Waals surface area contributed by atoms with Crippen molar-refractivity contribution in [2.45, 2.75) is 12.5 Å². The number of morpholine rings is 1. The van der Waals surface area contributed by atoms with Gasteiger partial charge in [0.15, 0.2) is 5.78 Å². The van der Waals surface area contributed by atoms with Crippen LogP contribution in [0.5, 0.6) is 0 Å². The smallest absolute Gasteiger partial charge is 0.225 e. The summed E-state index contributed by atoms with van der Waals surface area (Å²) in [4.78, 5) is 27.7. The zero-order valence-electron chi connectivity index (χ0n) is 19.8. The Morgan fingerprint density at radius 3 is 2.83 bits per heavy atom. The van der Waals surface area contributed by atoms with Gasteiger partial charge in [-0.2, -0.15) is 0 Å². The zero-order valence-corrected chi connectivity index (χ0v) is 19.8. The molecule has 2 atom stereocenters. The molecule has 1 aliphatic carbocycles. The normalized spacial score (nSPS) is 21.7. The molecule has 0 bridgehead atoms. The number of benzene rings is 2. The predicted octanol–water partition coefficient (Wildman–Crippen LogP) is 3.16. The van der Waals surface area contributed by atoms with Crippen LogP contribution in [0.25, 0.3) is 27.5 Å². The number of nitrogens with one attached hydrogen (secondary N) is 2. The van der Waals surface area contributed by atoms with Gasteiger partial charge in [0, 0.05) is 43.1 Å². The molecule has 8 heteroatoms. The third kappa shape index (κ3) is 3.88. The van der Waals surface area contributed by atoms with Crippen molar-refractivity contribution in [1.29, 1.82) is 0 Å². The second-order valence-corrected chi connectivity index (χ2v) is 9.24. The summed E-state index contributed by atoms with van der Waals surface area (Å²) in [6, 6.07) is 11.4. The number of fused-ring (bicyclic) bond motifs is 4. The summed E-state index contributed by atoms with van der Waals surface area (Å²) in [7, 11) is 0. The van der Waals surface area contributed by atoms with Crippen LogP contribution in [0, 0.1) is 5.92 Å². The van der Waals surface area contributed by atoms with Gasteiger partial charge in [-0.3, -0.25) is 9.59 Å². The van der Waals surface area contributed by atoms with E-state index in [-0.39, 0.29) is 36.6 Å². The Morgan fingerprint density at radius 1 is 1.17 bits per heavy atom. The first kappa shape index (κ1) is 22.6. The minimum Gasteiger partial charge on any atom is -0.455 e. The Kier molecular flexibility index (Phi) is 5.83. The number of ether oxygens (including phenoxy) is 1. The quantitative estimate of drug-likeness (QED) is 0.510. The number of hydrogen-bond donors (Lipinski definition) is 3. The van der Waals surface area contributed by atoms with E-state index < -0.39 is 0 Å². The van der Waals surface area contributed by atoms with Crippen LogP contribution < -0.4 is 16.4 Å². The number of amides is 1. The van der Waals surface area contributed by atoms with Crippen LogP contribution in [0.2, 0.25) is 0 Å². The van der Waals surface area contributed by atoms with E-state index in [0.717, 1.165) is 46.4 Å². The van der Waals surface area contributed by atoms with Gasteiger partial charge in [0.05, 0.1) is 36.2 Å². The molecular weight excluding hydrogens is 456 g/mol. The van der Waals surface area contributed by atoms with Crippen LogP contribution >= 0.6 is 0 Å². The van der Waals surface area contributed by atoms with Crippen LogP contribution in [-0.4, -0.2) is 55.5 Å². The number of carbonyl (C=O) groups is 2. The summed E-state index contributed by atoms with van der Waals surface area (Å²) in [5.74, 6) is 0.459. The molecule has 8 nitrogen and oxygen atoms in total. The molecule has 184 valence electrons. The molecule has 36 heavy (non-hydrogen) atoms.